The third-order valence-corrected chi connectivity index (χ3v) is 6.22. The van der Waals surface area contributed by atoms with E-state index in [9.17, 15) is 4.79 Å². The summed E-state index contributed by atoms with van der Waals surface area (Å²) in [5.74, 6) is -0.0328. The predicted octanol–water partition coefficient (Wildman–Crippen LogP) is 3.36. The summed E-state index contributed by atoms with van der Waals surface area (Å²) < 4.78 is 6.04. The van der Waals surface area contributed by atoms with Gasteiger partial charge in [-0.15, -0.1) is 0 Å². The average molecular weight is 399 g/mol. The van der Waals surface area contributed by atoms with Gasteiger partial charge in [0, 0.05) is 32.0 Å². The topological polar surface area (TPSA) is 54.5 Å². The summed E-state index contributed by atoms with van der Waals surface area (Å²) in [5.41, 5.74) is 4.27. The maximum absolute atomic E-state index is 12.2. The molecule has 2 saturated heterocycles. The first-order chi connectivity index (χ1) is 14.7. The number of carbonyl (C=O) groups is 1. The van der Waals surface area contributed by atoms with E-state index < -0.39 is 5.54 Å². The Kier molecular flexibility index (Phi) is 5.07. The first kappa shape index (κ1) is 19.0. The molecule has 5 nitrogen and oxygen atoms in total. The number of aromatic nitrogens is 1. The highest BCUT2D eigenvalue weighted by molar-refractivity contribution is 5.79. The van der Waals surface area contributed by atoms with Gasteiger partial charge >= 0.3 is 0 Å². The summed E-state index contributed by atoms with van der Waals surface area (Å²) in [6, 6.07) is 23.0. The van der Waals surface area contributed by atoms with Crippen LogP contribution in [0.4, 0.5) is 0 Å². The number of nitrogens with zero attached hydrogens (tertiary/aromatic N) is 2. The maximum atomic E-state index is 12.2. The van der Waals surface area contributed by atoms with E-state index in [2.05, 4.69) is 57.7 Å². The van der Waals surface area contributed by atoms with Crippen molar-refractivity contribution in [3.63, 3.8) is 0 Å². The molecular formula is C25H25N3O2. The van der Waals surface area contributed by atoms with Gasteiger partial charge in [0.05, 0.1) is 11.6 Å². The van der Waals surface area contributed by atoms with E-state index in [1.54, 1.807) is 6.20 Å². The lowest BCUT2D eigenvalue weighted by Crippen LogP contribution is -2.66. The number of benzene rings is 2. The summed E-state index contributed by atoms with van der Waals surface area (Å²) in [4.78, 5) is 18.8. The Morgan fingerprint density at radius 2 is 1.87 bits per heavy atom. The second kappa shape index (κ2) is 8.01. The van der Waals surface area contributed by atoms with Crippen molar-refractivity contribution in [3.05, 3.63) is 90.3 Å². The fourth-order valence-corrected chi connectivity index (χ4v) is 4.65. The molecule has 0 radical (unpaired) electrons. The van der Waals surface area contributed by atoms with Crippen LogP contribution in [-0.4, -0.2) is 41.6 Å². The van der Waals surface area contributed by atoms with E-state index >= 15 is 0 Å². The number of carbonyl (C=O) groups excluding carboxylic acids is 1. The summed E-state index contributed by atoms with van der Waals surface area (Å²) in [5, 5.41) is 3.26. The van der Waals surface area contributed by atoms with E-state index in [4.69, 9.17) is 4.74 Å². The molecule has 3 aromatic rings. The molecule has 2 atom stereocenters. The number of amides is 1. The molecule has 0 unspecified atom stereocenters. The van der Waals surface area contributed by atoms with E-state index in [1.807, 2.05) is 30.5 Å². The smallest absolute Gasteiger partial charge is 0.246 e. The van der Waals surface area contributed by atoms with Crippen molar-refractivity contribution in [2.45, 2.75) is 24.6 Å². The van der Waals surface area contributed by atoms with Crippen molar-refractivity contribution in [1.29, 1.82) is 0 Å². The van der Waals surface area contributed by atoms with Crippen molar-refractivity contribution in [1.82, 2.24) is 15.2 Å². The van der Waals surface area contributed by atoms with Crippen LogP contribution in [0, 0.1) is 0 Å². The normalized spacial score (nSPS) is 24.1. The van der Waals surface area contributed by atoms with Crippen LogP contribution < -0.4 is 5.32 Å². The van der Waals surface area contributed by atoms with E-state index in [0.29, 0.717) is 0 Å². The highest BCUT2D eigenvalue weighted by Gasteiger charge is 2.48. The minimum atomic E-state index is -0.433. The van der Waals surface area contributed by atoms with Gasteiger partial charge in [0.2, 0.25) is 5.91 Å². The highest BCUT2D eigenvalue weighted by atomic mass is 16.5. The van der Waals surface area contributed by atoms with Crippen molar-refractivity contribution in [3.8, 4) is 11.1 Å². The summed E-state index contributed by atoms with van der Waals surface area (Å²) in [6.45, 7) is 2.69. The highest BCUT2D eigenvalue weighted by Crippen LogP contribution is 2.37. The van der Waals surface area contributed by atoms with Crippen LogP contribution in [-0.2, 0) is 21.6 Å². The summed E-state index contributed by atoms with van der Waals surface area (Å²) in [7, 11) is 0. The molecule has 1 amide bonds. The lowest BCUT2D eigenvalue weighted by atomic mass is 9.77. The lowest BCUT2D eigenvalue weighted by molar-refractivity contribution is -0.152. The minimum Gasteiger partial charge on any atom is -0.364 e. The Bertz CT molecular complexity index is 1010. The number of morpholine rings is 1. The zero-order valence-electron chi connectivity index (χ0n) is 16.8. The Morgan fingerprint density at radius 3 is 2.63 bits per heavy atom. The monoisotopic (exact) mass is 399 g/mol. The molecule has 0 bridgehead atoms. The quantitative estimate of drug-likeness (QED) is 0.731. The minimum absolute atomic E-state index is 0.0328. The Labute approximate surface area is 176 Å². The first-order valence-electron chi connectivity index (χ1n) is 10.4. The molecule has 2 aliphatic heterocycles. The number of hydrogen-bond donors (Lipinski definition) is 1. The molecular weight excluding hydrogens is 374 g/mol. The van der Waals surface area contributed by atoms with Crippen LogP contribution >= 0.6 is 0 Å². The standard InChI is InChI=1S/C25H25N3O2/c29-24-18-30-23-17-28(14-12-25(23,27-24)22-6-2-1-3-7-22)16-19-8-10-20(11-9-19)21-5-4-13-26-15-21/h1-11,13,15,23H,12,14,16-18H2,(H,27,29)/t23-,25+/m1/s1. The van der Waals surface area contributed by atoms with Crippen LogP contribution in [0.25, 0.3) is 11.1 Å². The SMILES string of the molecule is O=C1CO[C@@H]2CN(Cc3ccc(-c4cccnc4)cc3)CC[C@@]2(c2ccccc2)N1. The molecule has 2 aliphatic rings. The summed E-state index contributed by atoms with van der Waals surface area (Å²) in [6.07, 6.45) is 4.46. The third kappa shape index (κ3) is 3.62. The molecule has 0 spiro atoms. The molecule has 0 saturated carbocycles. The van der Waals surface area contributed by atoms with Gasteiger partial charge in [-0.05, 0) is 34.7 Å². The van der Waals surface area contributed by atoms with Crippen molar-refractivity contribution in [2.75, 3.05) is 19.7 Å². The number of pyridine rings is 1. The third-order valence-electron chi connectivity index (χ3n) is 6.22. The van der Waals surface area contributed by atoms with Crippen LogP contribution in [0.5, 0.6) is 0 Å². The van der Waals surface area contributed by atoms with Gasteiger partial charge in [-0.3, -0.25) is 14.7 Å². The molecule has 5 heteroatoms. The Balaban J connectivity index is 1.31. The predicted molar refractivity (Wildman–Crippen MR) is 116 cm³/mol. The zero-order valence-corrected chi connectivity index (χ0v) is 16.8. The molecule has 1 aromatic heterocycles. The summed E-state index contributed by atoms with van der Waals surface area (Å²) >= 11 is 0. The van der Waals surface area contributed by atoms with Gasteiger partial charge in [-0.25, -0.2) is 0 Å². The molecule has 2 fully saturated rings. The lowest BCUT2D eigenvalue weighted by Gasteiger charge is -2.50. The van der Waals surface area contributed by atoms with Crippen molar-refractivity contribution in [2.24, 2.45) is 0 Å². The van der Waals surface area contributed by atoms with Gasteiger partial charge in [0.1, 0.15) is 6.61 Å². The fraction of sp³-hybridized carbons (Fsp3) is 0.280. The van der Waals surface area contributed by atoms with Crippen molar-refractivity contribution >= 4 is 5.91 Å². The Hall–Kier alpha value is -3.02. The number of piperidine rings is 1. The largest absolute Gasteiger partial charge is 0.364 e. The van der Waals surface area contributed by atoms with E-state index in [-0.39, 0.29) is 18.6 Å². The van der Waals surface area contributed by atoms with Crippen molar-refractivity contribution < 1.29 is 9.53 Å². The first-order valence-corrected chi connectivity index (χ1v) is 10.4. The van der Waals surface area contributed by atoms with E-state index in [0.717, 1.165) is 37.2 Å². The van der Waals surface area contributed by atoms with Crippen LogP contribution in [0.15, 0.2) is 79.1 Å². The number of rotatable bonds is 4. The number of nitrogens with one attached hydrogen (secondary N) is 1. The molecule has 2 aromatic carbocycles. The number of fused-ring (bicyclic) bond motifs is 1. The van der Waals surface area contributed by atoms with Gasteiger partial charge in [-0.1, -0.05) is 60.7 Å². The maximum Gasteiger partial charge on any atom is 0.246 e. The molecule has 1 N–H and O–H groups in total. The zero-order chi connectivity index (χ0) is 20.4. The molecule has 3 heterocycles. The second-order valence-corrected chi connectivity index (χ2v) is 8.11. The Morgan fingerprint density at radius 1 is 1.03 bits per heavy atom. The second-order valence-electron chi connectivity index (χ2n) is 8.11. The molecule has 5 rings (SSSR count). The van der Waals surface area contributed by atoms with Crippen LogP contribution in [0.1, 0.15) is 17.5 Å². The average Bonchev–Trinajstić information content (AvgIpc) is 2.81. The molecule has 0 aliphatic carbocycles. The van der Waals surface area contributed by atoms with E-state index in [1.165, 1.54) is 11.1 Å². The van der Waals surface area contributed by atoms with Gasteiger partial charge in [0.15, 0.2) is 0 Å². The fourth-order valence-electron chi connectivity index (χ4n) is 4.65. The van der Waals surface area contributed by atoms with Gasteiger partial charge in [-0.2, -0.15) is 0 Å². The van der Waals surface area contributed by atoms with Gasteiger partial charge < -0.3 is 10.1 Å². The molecule has 152 valence electrons. The van der Waals surface area contributed by atoms with Crippen LogP contribution in [0.3, 0.4) is 0 Å². The van der Waals surface area contributed by atoms with Crippen LogP contribution in [0.2, 0.25) is 0 Å². The molecule has 30 heavy (non-hydrogen) atoms. The number of ether oxygens (including phenoxy) is 1. The number of likely N-dealkylation sites (tertiary alicyclic amines) is 1. The van der Waals surface area contributed by atoms with Gasteiger partial charge in [0.25, 0.3) is 0 Å². The number of hydrogen-bond acceptors (Lipinski definition) is 4.